The quantitative estimate of drug-likeness (QED) is 0.654. The van der Waals surface area contributed by atoms with Crippen LogP contribution in [0.25, 0.3) is 0 Å². The smallest absolute Gasteiger partial charge is 0.253 e. The second kappa shape index (κ2) is 7.76. The lowest BCUT2D eigenvalue weighted by molar-refractivity contribution is -0.127. The van der Waals surface area contributed by atoms with Gasteiger partial charge in [0.05, 0.1) is 12.7 Å². The van der Waals surface area contributed by atoms with Crippen LogP contribution in [0.1, 0.15) is 23.7 Å². The summed E-state index contributed by atoms with van der Waals surface area (Å²) in [6.45, 7) is -0.322. The lowest BCUT2D eigenvalue weighted by Gasteiger charge is -2.14. The van der Waals surface area contributed by atoms with Gasteiger partial charge < -0.3 is 25.4 Å². The Hall–Kier alpha value is -2.25. The first-order valence-electron chi connectivity index (χ1n) is 8.16. The van der Waals surface area contributed by atoms with Crippen LogP contribution in [0.2, 0.25) is 0 Å². The molecule has 6 heteroatoms. The molecule has 3 rings (SSSR count). The summed E-state index contributed by atoms with van der Waals surface area (Å²) in [7, 11) is 0. The number of aliphatic hydroxyl groups is 3. The van der Waals surface area contributed by atoms with Crippen LogP contribution in [-0.2, 0) is 9.53 Å². The Balaban J connectivity index is 1.62. The van der Waals surface area contributed by atoms with Crippen molar-refractivity contribution in [3.63, 3.8) is 0 Å². The van der Waals surface area contributed by atoms with Crippen LogP contribution in [0.5, 0.6) is 0 Å². The first-order chi connectivity index (χ1) is 12.1. The first kappa shape index (κ1) is 17.6. The van der Waals surface area contributed by atoms with E-state index in [-0.39, 0.29) is 18.9 Å². The van der Waals surface area contributed by atoms with Gasteiger partial charge in [0.25, 0.3) is 5.91 Å². The molecule has 1 saturated heterocycles. The average Bonchev–Trinajstić information content (AvgIpc) is 3.03. The number of benzene rings is 2. The third kappa shape index (κ3) is 4.05. The Labute approximate surface area is 145 Å². The lowest BCUT2D eigenvalue weighted by atomic mass is 10.0. The number of carbonyl (C=O) groups is 1. The van der Waals surface area contributed by atoms with E-state index in [4.69, 9.17) is 9.84 Å². The highest BCUT2D eigenvalue weighted by molar-refractivity contribution is 5.94. The lowest BCUT2D eigenvalue weighted by Crippen LogP contribution is -2.28. The normalized spacial score (nSPS) is 24.0. The largest absolute Gasteiger partial charge is 0.394 e. The third-order valence-electron chi connectivity index (χ3n) is 4.31. The molecule has 6 nitrogen and oxygen atoms in total. The summed E-state index contributed by atoms with van der Waals surface area (Å²) in [6, 6.07) is 16.2. The van der Waals surface area contributed by atoms with Crippen LogP contribution in [0.3, 0.4) is 0 Å². The van der Waals surface area contributed by atoms with Crippen molar-refractivity contribution in [3.8, 4) is 0 Å². The van der Waals surface area contributed by atoms with Crippen LogP contribution in [0, 0.1) is 0 Å². The molecule has 2 aromatic rings. The summed E-state index contributed by atoms with van der Waals surface area (Å²) in [5, 5.41) is 31.8. The van der Waals surface area contributed by atoms with Gasteiger partial charge in [0.2, 0.25) is 0 Å². The van der Waals surface area contributed by atoms with E-state index < -0.39 is 24.4 Å². The highest BCUT2D eigenvalue weighted by Crippen LogP contribution is 2.24. The summed E-state index contributed by atoms with van der Waals surface area (Å²) < 4.78 is 5.32. The Morgan fingerprint density at radius 2 is 1.76 bits per heavy atom. The molecule has 1 aliphatic rings. The SMILES string of the molecule is O=C(Nc1ccc(C(O)c2ccccc2)cc1)[C@H]1C[C@H](O)[C@@H](CO)O1. The molecule has 1 heterocycles. The van der Waals surface area contributed by atoms with Crippen molar-refractivity contribution in [2.45, 2.75) is 30.8 Å². The molecule has 0 saturated carbocycles. The summed E-state index contributed by atoms with van der Waals surface area (Å²) in [6.07, 6.45) is -2.93. The molecule has 1 fully saturated rings. The molecule has 1 unspecified atom stereocenters. The molecule has 1 amide bonds. The van der Waals surface area contributed by atoms with E-state index in [2.05, 4.69) is 5.32 Å². The van der Waals surface area contributed by atoms with Gasteiger partial charge in [0.1, 0.15) is 18.3 Å². The molecule has 0 aliphatic carbocycles. The number of ether oxygens (including phenoxy) is 1. The number of nitrogens with one attached hydrogen (secondary N) is 1. The van der Waals surface area contributed by atoms with Gasteiger partial charge in [-0.05, 0) is 23.3 Å². The van der Waals surface area contributed by atoms with E-state index in [9.17, 15) is 15.0 Å². The van der Waals surface area contributed by atoms with Crippen LogP contribution in [0.4, 0.5) is 5.69 Å². The number of rotatable bonds is 5. The number of hydrogen-bond donors (Lipinski definition) is 4. The number of anilines is 1. The van der Waals surface area contributed by atoms with Gasteiger partial charge in [0.15, 0.2) is 0 Å². The highest BCUT2D eigenvalue weighted by atomic mass is 16.5. The van der Waals surface area contributed by atoms with E-state index in [1.54, 1.807) is 24.3 Å². The van der Waals surface area contributed by atoms with Gasteiger partial charge in [0, 0.05) is 12.1 Å². The standard InChI is InChI=1S/C19H21NO5/c21-11-17-15(22)10-16(25-17)19(24)20-14-8-6-13(7-9-14)18(23)12-4-2-1-3-5-12/h1-9,15-18,21-23H,10-11H2,(H,20,24)/t15-,16+,17+,18?/m0/s1. The van der Waals surface area contributed by atoms with Crippen molar-refractivity contribution in [1.82, 2.24) is 0 Å². The third-order valence-corrected chi connectivity index (χ3v) is 4.31. The summed E-state index contributed by atoms with van der Waals surface area (Å²) in [5.41, 5.74) is 2.08. The highest BCUT2D eigenvalue weighted by Gasteiger charge is 2.37. The van der Waals surface area contributed by atoms with E-state index >= 15 is 0 Å². The number of aliphatic hydroxyl groups excluding tert-OH is 3. The van der Waals surface area contributed by atoms with E-state index in [1.807, 2.05) is 30.3 Å². The zero-order chi connectivity index (χ0) is 17.8. The molecule has 2 aromatic carbocycles. The molecular weight excluding hydrogens is 322 g/mol. The average molecular weight is 343 g/mol. The summed E-state index contributed by atoms with van der Waals surface area (Å²) in [5.74, 6) is -0.369. The minimum Gasteiger partial charge on any atom is -0.394 e. The Bertz CT molecular complexity index is 704. The molecule has 25 heavy (non-hydrogen) atoms. The molecule has 0 spiro atoms. The molecule has 4 N–H and O–H groups in total. The van der Waals surface area contributed by atoms with Crippen LogP contribution in [-0.4, -0.2) is 46.1 Å². The fourth-order valence-corrected chi connectivity index (χ4v) is 2.86. The number of amides is 1. The van der Waals surface area contributed by atoms with Crippen molar-refractivity contribution in [2.75, 3.05) is 11.9 Å². The maximum atomic E-state index is 12.2. The Morgan fingerprint density at radius 1 is 1.12 bits per heavy atom. The minimum absolute atomic E-state index is 0.155. The fraction of sp³-hybridized carbons (Fsp3) is 0.316. The Morgan fingerprint density at radius 3 is 2.36 bits per heavy atom. The second-order valence-electron chi connectivity index (χ2n) is 6.07. The molecule has 0 aromatic heterocycles. The zero-order valence-corrected chi connectivity index (χ0v) is 13.6. The second-order valence-corrected chi connectivity index (χ2v) is 6.07. The Kier molecular flexibility index (Phi) is 5.45. The number of carbonyl (C=O) groups excluding carboxylic acids is 1. The van der Waals surface area contributed by atoms with Gasteiger partial charge in [-0.15, -0.1) is 0 Å². The zero-order valence-electron chi connectivity index (χ0n) is 13.6. The summed E-state index contributed by atoms with van der Waals surface area (Å²) in [4.78, 5) is 12.2. The van der Waals surface area contributed by atoms with Gasteiger partial charge in [-0.2, -0.15) is 0 Å². The first-order valence-corrected chi connectivity index (χ1v) is 8.16. The predicted molar refractivity (Wildman–Crippen MR) is 91.9 cm³/mol. The monoisotopic (exact) mass is 343 g/mol. The van der Waals surface area contributed by atoms with Crippen LogP contribution in [0.15, 0.2) is 54.6 Å². The van der Waals surface area contributed by atoms with Gasteiger partial charge in [-0.3, -0.25) is 4.79 Å². The van der Waals surface area contributed by atoms with E-state index in [1.165, 1.54) is 0 Å². The van der Waals surface area contributed by atoms with E-state index in [0.717, 1.165) is 11.1 Å². The molecule has 0 bridgehead atoms. The fourth-order valence-electron chi connectivity index (χ4n) is 2.86. The van der Waals surface area contributed by atoms with Crippen LogP contribution < -0.4 is 5.32 Å². The topological polar surface area (TPSA) is 99.0 Å². The maximum absolute atomic E-state index is 12.2. The summed E-state index contributed by atoms with van der Waals surface area (Å²) >= 11 is 0. The maximum Gasteiger partial charge on any atom is 0.253 e. The molecular formula is C19H21NO5. The van der Waals surface area contributed by atoms with Gasteiger partial charge in [-0.25, -0.2) is 0 Å². The van der Waals surface area contributed by atoms with Gasteiger partial charge in [-0.1, -0.05) is 42.5 Å². The molecule has 132 valence electrons. The molecule has 0 radical (unpaired) electrons. The predicted octanol–water partition coefficient (Wildman–Crippen LogP) is 1.22. The van der Waals surface area contributed by atoms with Crippen molar-refractivity contribution in [2.24, 2.45) is 0 Å². The van der Waals surface area contributed by atoms with Crippen molar-refractivity contribution in [3.05, 3.63) is 65.7 Å². The molecule has 4 atom stereocenters. The van der Waals surface area contributed by atoms with Crippen molar-refractivity contribution < 1.29 is 24.9 Å². The van der Waals surface area contributed by atoms with E-state index in [0.29, 0.717) is 5.69 Å². The van der Waals surface area contributed by atoms with Gasteiger partial charge >= 0.3 is 0 Å². The van der Waals surface area contributed by atoms with Crippen molar-refractivity contribution in [1.29, 1.82) is 0 Å². The minimum atomic E-state index is -0.843. The number of hydrogen-bond acceptors (Lipinski definition) is 5. The molecule has 1 aliphatic heterocycles. The van der Waals surface area contributed by atoms with Crippen LogP contribution >= 0.6 is 0 Å². The van der Waals surface area contributed by atoms with Crippen molar-refractivity contribution >= 4 is 11.6 Å².